The number of benzene rings is 2. The van der Waals surface area contributed by atoms with E-state index in [1.54, 1.807) is 12.1 Å². The predicted octanol–water partition coefficient (Wildman–Crippen LogP) is 7.76. The molecule has 202 valence electrons. The van der Waals surface area contributed by atoms with E-state index in [-0.39, 0.29) is 35.3 Å². The van der Waals surface area contributed by atoms with Crippen molar-refractivity contribution in [2.75, 3.05) is 26.2 Å². The number of alkyl halides is 6. The monoisotopic (exact) mass is 529 g/mol. The van der Waals surface area contributed by atoms with Gasteiger partial charge in [0.15, 0.2) is 5.78 Å². The Morgan fingerprint density at radius 3 is 2.05 bits per heavy atom. The molecule has 1 heterocycles. The summed E-state index contributed by atoms with van der Waals surface area (Å²) >= 11 is 0. The van der Waals surface area contributed by atoms with Crippen LogP contribution < -0.4 is 4.74 Å². The minimum Gasteiger partial charge on any atom is -0.492 e. The van der Waals surface area contributed by atoms with E-state index in [2.05, 4.69) is 0 Å². The summed E-state index contributed by atoms with van der Waals surface area (Å²) in [6.07, 6.45) is -9.07. The van der Waals surface area contributed by atoms with Crippen LogP contribution >= 0.6 is 0 Å². The number of fused-ring (bicyclic) bond motifs is 1. The number of para-hydroxylation sites is 1. The number of ether oxygens (including phenoxy) is 1. The average molecular weight is 530 g/mol. The van der Waals surface area contributed by atoms with Gasteiger partial charge >= 0.3 is 12.4 Å². The van der Waals surface area contributed by atoms with Crippen molar-refractivity contribution in [3.63, 3.8) is 0 Å². The molecule has 0 unspecified atom stereocenters. The molecule has 3 rings (SSSR count). The number of carbonyl (C=O) groups excluding carboxylic acids is 1. The van der Waals surface area contributed by atoms with Gasteiger partial charge in [0.25, 0.3) is 0 Å². The lowest BCUT2D eigenvalue weighted by molar-refractivity contribution is -0.143. The number of ketones is 1. The maximum atomic E-state index is 14.2. The molecule has 0 aliphatic heterocycles. The van der Waals surface area contributed by atoms with Crippen molar-refractivity contribution in [2.45, 2.75) is 52.4 Å². The Kier molecular flexibility index (Phi) is 8.94. The number of halogens is 6. The minimum atomic E-state index is -5.24. The van der Waals surface area contributed by atoms with Gasteiger partial charge in [0.1, 0.15) is 23.7 Å². The fraction of sp³-hybridized carbons (Fsp3) is 0.444. The molecule has 10 heteroatoms. The third kappa shape index (κ3) is 6.47. The first-order valence-electron chi connectivity index (χ1n) is 12.1. The lowest BCUT2D eigenvalue weighted by Crippen LogP contribution is -2.28. The molecule has 2 aromatic carbocycles. The van der Waals surface area contributed by atoms with Crippen molar-refractivity contribution >= 4 is 16.8 Å². The van der Waals surface area contributed by atoms with E-state index in [4.69, 9.17) is 9.15 Å². The number of nitrogens with zero attached hydrogens (tertiary/aromatic N) is 1. The molecule has 0 bridgehead atoms. The maximum Gasteiger partial charge on any atom is 0.417 e. The minimum absolute atomic E-state index is 0.0637. The first-order valence-corrected chi connectivity index (χ1v) is 12.1. The number of carbonyl (C=O) groups is 1. The number of furan rings is 1. The fourth-order valence-electron chi connectivity index (χ4n) is 4.21. The number of hydrogen-bond acceptors (Lipinski definition) is 4. The van der Waals surface area contributed by atoms with Gasteiger partial charge in [-0.1, -0.05) is 45.4 Å². The Bertz CT molecular complexity index is 1190. The Morgan fingerprint density at radius 2 is 1.51 bits per heavy atom. The molecule has 4 nitrogen and oxygen atoms in total. The van der Waals surface area contributed by atoms with Gasteiger partial charge < -0.3 is 14.1 Å². The SMILES string of the molecule is CCCCc1oc2ccccc2c1C(=O)c1c(C(F)(F)F)cc(OCCN(CC)CC)cc1C(F)(F)F. The number of aryl methyl sites for hydroxylation is 1. The third-order valence-corrected chi connectivity index (χ3v) is 6.17. The summed E-state index contributed by atoms with van der Waals surface area (Å²) in [7, 11) is 0. The smallest absolute Gasteiger partial charge is 0.417 e. The molecule has 0 saturated carbocycles. The van der Waals surface area contributed by atoms with Gasteiger partial charge in [-0.25, -0.2) is 0 Å². The molecule has 0 aliphatic rings. The second-order valence-electron chi connectivity index (χ2n) is 8.59. The van der Waals surface area contributed by atoms with E-state index in [1.165, 1.54) is 12.1 Å². The summed E-state index contributed by atoms with van der Waals surface area (Å²) in [5.41, 5.74) is -4.92. The summed E-state index contributed by atoms with van der Waals surface area (Å²) in [5.74, 6) is -1.93. The molecule has 37 heavy (non-hydrogen) atoms. The van der Waals surface area contributed by atoms with Crippen molar-refractivity contribution in [1.82, 2.24) is 4.90 Å². The molecule has 3 aromatic rings. The van der Waals surface area contributed by atoms with Crippen LogP contribution in [0, 0.1) is 0 Å². The molecule has 0 fully saturated rings. The van der Waals surface area contributed by atoms with Crippen molar-refractivity contribution in [1.29, 1.82) is 0 Å². The van der Waals surface area contributed by atoms with Crippen molar-refractivity contribution < 1.29 is 40.3 Å². The van der Waals surface area contributed by atoms with Crippen LogP contribution in [0.15, 0.2) is 40.8 Å². The van der Waals surface area contributed by atoms with Crippen LogP contribution in [0.25, 0.3) is 11.0 Å². The largest absolute Gasteiger partial charge is 0.492 e. The number of hydrogen-bond donors (Lipinski definition) is 0. The Balaban J connectivity index is 2.20. The number of rotatable bonds is 11. The molecule has 0 spiro atoms. The molecule has 0 radical (unpaired) electrons. The van der Waals surface area contributed by atoms with Gasteiger partial charge in [-0.05, 0) is 37.7 Å². The van der Waals surface area contributed by atoms with Gasteiger partial charge in [0, 0.05) is 23.9 Å². The van der Waals surface area contributed by atoms with Crippen LogP contribution in [0.1, 0.15) is 66.4 Å². The topological polar surface area (TPSA) is 42.7 Å². The van der Waals surface area contributed by atoms with Crippen LogP contribution in [0.3, 0.4) is 0 Å². The highest BCUT2D eigenvalue weighted by molar-refractivity contribution is 6.18. The lowest BCUT2D eigenvalue weighted by atomic mass is 9.90. The van der Waals surface area contributed by atoms with Crippen LogP contribution in [0.5, 0.6) is 5.75 Å². The second-order valence-corrected chi connectivity index (χ2v) is 8.59. The van der Waals surface area contributed by atoms with E-state index in [1.807, 2.05) is 25.7 Å². The number of likely N-dealkylation sites (N-methyl/N-ethyl adjacent to an activating group) is 1. The summed E-state index contributed by atoms with van der Waals surface area (Å²) in [5, 5.41) is 0.166. The van der Waals surface area contributed by atoms with Crippen molar-refractivity contribution in [3.8, 4) is 5.75 Å². The Morgan fingerprint density at radius 1 is 0.919 bits per heavy atom. The third-order valence-electron chi connectivity index (χ3n) is 6.17. The summed E-state index contributed by atoms with van der Waals surface area (Å²) in [6, 6.07) is 7.06. The maximum absolute atomic E-state index is 14.2. The van der Waals surface area contributed by atoms with Crippen molar-refractivity contribution in [2.24, 2.45) is 0 Å². The predicted molar refractivity (Wildman–Crippen MR) is 128 cm³/mol. The van der Waals surface area contributed by atoms with Gasteiger partial charge in [0.2, 0.25) is 0 Å². The normalized spacial score (nSPS) is 12.5. The molecule has 0 aliphatic carbocycles. The van der Waals surface area contributed by atoms with Crippen molar-refractivity contribution in [3.05, 3.63) is 64.4 Å². The van der Waals surface area contributed by atoms with Crippen LogP contribution in [-0.2, 0) is 18.8 Å². The Hall–Kier alpha value is -3.01. The van der Waals surface area contributed by atoms with Crippen LogP contribution in [-0.4, -0.2) is 36.9 Å². The zero-order valence-electron chi connectivity index (χ0n) is 20.9. The molecular weight excluding hydrogens is 500 g/mol. The molecule has 0 saturated heterocycles. The second kappa shape index (κ2) is 11.6. The van der Waals surface area contributed by atoms with E-state index in [0.717, 1.165) is 0 Å². The Labute approximate surface area is 211 Å². The van der Waals surface area contributed by atoms with E-state index < -0.39 is 40.6 Å². The van der Waals surface area contributed by atoms with Crippen LogP contribution in [0.2, 0.25) is 0 Å². The highest BCUT2D eigenvalue weighted by atomic mass is 19.4. The average Bonchev–Trinajstić information content (AvgIpc) is 3.21. The first kappa shape index (κ1) is 28.6. The van der Waals surface area contributed by atoms with E-state index >= 15 is 0 Å². The highest BCUT2D eigenvalue weighted by Crippen LogP contribution is 2.44. The first-order chi connectivity index (χ1) is 17.4. The molecule has 0 atom stereocenters. The zero-order chi connectivity index (χ0) is 27.4. The van der Waals surface area contributed by atoms with Gasteiger partial charge in [0.05, 0.1) is 16.7 Å². The number of unbranched alkanes of at least 4 members (excludes halogenated alkanes) is 1. The van der Waals surface area contributed by atoms with Gasteiger partial charge in [-0.3, -0.25) is 4.79 Å². The quantitative estimate of drug-likeness (QED) is 0.188. The molecule has 1 aromatic heterocycles. The fourth-order valence-corrected chi connectivity index (χ4v) is 4.21. The van der Waals surface area contributed by atoms with E-state index in [0.29, 0.717) is 44.6 Å². The standard InChI is InChI=1S/C27H29F6NO3/c1-4-7-11-22-23(18-10-8-9-12-21(18)37-22)25(35)24-19(26(28,29)30)15-17(16-20(24)27(31,32)33)36-14-13-34(5-2)6-3/h8-10,12,15-16H,4-7,11,13-14H2,1-3H3. The van der Waals surface area contributed by atoms with Gasteiger partial charge in [-0.15, -0.1) is 0 Å². The zero-order valence-corrected chi connectivity index (χ0v) is 20.9. The molecular formula is C27H29F6NO3. The van der Waals surface area contributed by atoms with Gasteiger partial charge in [-0.2, -0.15) is 26.3 Å². The molecule has 0 N–H and O–H groups in total. The summed E-state index contributed by atoms with van der Waals surface area (Å²) < 4.78 is 96.0. The summed E-state index contributed by atoms with van der Waals surface area (Å²) in [6.45, 7) is 7.12. The lowest BCUT2D eigenvalue weighted by Gasteiger charge is -2.21. The summed E-state index contributed by atoms with van der Waals surface area (Å²) in [4.78, 5) is 15.5. The highest BCUT2D eigenvalue weighted by Gasteiger charge is 2.45. The van der Waals surface area contributed by atoms with E-state index in [9.17, 15) is 31.1 Å². The molecule has 0 amide bonds. The van der Waals surface area contributed by atoms with Crippen LogP contribution in [0.4, 0.5) is 26.3 Å².